The minimum atomic E-state index is -0.352. The van der Waals surface area contributed by atoms with Crippen LogP contribution in [0.3, 0.4) is 0 Å². The number of carbonyl (C=O) groups excluding carboxylic acids is 2. The Morgan fingerprint density at radius 2 is 2.18 bits per heavy atom. The van der Waals surface area contributed by atoms with Crippen molar-refractivity contribution in [3.05, 3.63) is 29.3 Å². The number of ketones is 1. The molecule has 0 saturated heterocycles. The number of benzene rings is 1. The van der Waals surface area contributed by atoms with Crippen molar-refractivity contribution in [1.29, 1.82) is 0 Å². The quantitative estimate of drug-likeness (QED) is 0.461. The van der Waals surface area contributed by atoms with Gasteiger partial charge in [-0.15, -0.1) is 0 Å². The molecule has 0 radical (unpaired) electrons. The van der Waals surface area contributed by atoms with E-state index in [0.717, 1.165) is 55.4 Å². The molecule has 0 aliphatic heterocycles. The summed E-state index contributed by atoms with van der Waals surface area (Å²) in [5.74, 6) is 0.744. The molecular formula is C17H23NO4. The Hall–Kier alpha value is -1.88. The van der Waals surface area contributed by atoms with E-state index < -0.39 is 0 Å². The molecule has 0 spiro atoms. The number of hydroxylamine groups is 1. The molecule has 0 saturated carbocycles. The first-order chi connectivity index (χ1) is 10.7. The molecule has 1 aliphatic rings. The monoisotopic (exact) mass is 305 g/mol. The average Bonchev–Trinajstić information content (AvgIpc) is 2.55. The van der Waals surface area contributed by atoms with Crippen LogP contribution < -0.4 is 10.2 Å². The minimum absolute atomic E-state index is 0.0753. The third-order valence-corrected chi connectivity index (χ3v) is 4.31. The van der Waals surface area contributed by atoms with Crippen LogP contribution in [0, 0.1) is 5.92 Å². The summed E-state index contributed by atoms with van der Waals surface area (Å²) in [6.07, 6.45) is 5.48. The molecule has 0 aromatic heterocycles. The highest BCUT2D eigenvalue weighted by Gasteiger charge is 2.28. The van der Waals surface area contributed by atoms with Crippen molar-refractivity contribution >= 4 is 11.7 Å². The van der Waals surface area contributed by atoms with Gasteiger partial charge < -0.3 is 4.74 Å². The summed E-state index contributed by atoms with van der Waals surface area (Å²) >= 11 is 0. The fourth-order valence-corrected chi connectivity index (χ4v) is 3.10. The summed E-state index contributed by atoms with van der Waals surface area (Å²) in [4.78, 5) is 23.4. The van der Waals surface area contributed by atoms with E-state index in [-0.39, 0.29) is 17.6 Å². The number of methoxy groups -OCH3 is 1. The van der Waals surface area contributed by atoms with E-state index in [1.54, 1.807) is 12.6 Å². The van der Waals surface area contributed by atoms with Gasteiger partial charge in [-0.3, -0.25) is 14.8 Å². The largest absolute Gasteiger partial charge is 0.496 e. The van der Waals surface area contributed by atoms with Gasteiger partial charge in [-0.2, -0.15) is 0 Å². The molecule has 0 heterocycles. The van der Waals surface area contributed by atoms with Crippen LogP contribution in [0.25, 0.3) is 0 Å². The second-order valence-electron chi connectivity index (χ2n) is 5.72. The van der Waals surface area contributed by atoms with Crippen molar-refractivity contribution in [1.82, 2.24) is 5.48 Å². The molecule has 2 N–H and O–H groups in total. The summed E-state index contributed by atoms with van der Waals surface area (Å²) in [6, 6.07) is 5.65. The minimum Gasteiger partial charge on any atom is -0.496 e. The zero-order valence-corrected chi connectivity index (χ0v) is 12.9. The predicted molar refractivity (Wildman–Crippen MR) is 82.1 cm³/mol. The van der Waals surface area contributed by atoms with Gasteiger partial charge in [0.05, 0.1) is 7.11 Å². The SMILES string of the molecule is COc1cccc2c1CCC(CCCCCC(=O)NO)C2=O. The zero-order valence-electron chi connectivity index (χ0n) is 12.9. The predicted octanol–water partition coefficient (Wildman–Crippen LogP) is 2.90. The van der Waals surface area contributed by atoms with Crippen LogP contribution in [0.5, 0.6) is 5.75 Å². The van der Waals surface area contributed by atoms with Crippen molar-refractivity contribution in [2.45, 2.75) is 44.9 Å². The van der Waals surface area contributed by atoms with Gasteiger partial charge in [0.2, 0.25) is 5.91 Å². The van der Waals surface area contributed by atoms with E-state index in [9.17, 15) is 9.59 Å². The van der Waals surface area contributed by atoms with Crippen molar-refractivity contribution < 1.29 is 19.5 Å². The number of Topliss-reactive ketones (excluding diaryl/α,β-unsaturated/α-hetero) is 1. The maximum atomic E-state index is 12.6. The average molecular weight is 305 g/mol. The van der Waals surface area contributed by atoms with Gasteiger partial charge in [-0.25, -0.2) is 5.48 Å². The summed E-state index contributed by atoms with van der Waals surface area (Å²) < 4.78 is 5.33. The third-order valence-electron chi connectivity index (χ3n) is 4.31. The van der Waals surface area contributed by atoms with Gasteiger partial charge >= 0.3 is 0 Å². The molecule has 1 amide bonds. The number of hydrogen-bond acceptors (Lipinski definition) is 4. The Labute approximate surface area is 130 Å². The number of fused-ring (bicyclic) bond motifs is 1. The number of amides is 1. The van der Waals surface area contributed by atoms with E-state index >= 15 is 0 Å². The molecule has 1 aliphatic carbocycles. The van der Waals surface area contributed by atoms with Gasteiger partial charge in [0.25, 0.3) is 0 Å². The highest BCUT2D eigenvalue weighted by atomic mass is 16.5. The van der Waals surface area contributed by atoms with E-state index in [0.29, 0.717) is 6.42 Å². The molecule has 1 atom stereocenters. The molecule has 1 aromatic rings. The Kier molecular flexibility index (Phi) is 5.95. The first-order valence-electron chi connectivity index (χ1n) is 7.80. The zero-order chi connectivity index (χ0) is 15.9. The number of nitrogens with one attached hydrogen (secondary N) is 1. The summed E-state index contributed by atoms with van der Waals surface area (Å²) in [5, 5.41) is 8.41. The topological polar surface area (TPSA) is 75.6 Å². The molecule has 5 heteroatoms. The fraction of sp³-hybridized carbons (Fsp3) is 0.529. The molecule has 1 unspecified atom stereocenters. The second kappa shape index (κ2) is 7.94. The van der Waals surface area contributed by atoms with Crippen molar-refractivity contribution in [3.8, 4) is 5.75 Å². The van der Waals surface area contributed by atoms with Crippen molar-refractivity contribution in [2.75, 3.05) is 7.11 Å². The number of ether oxygens (including phenoxy) is 1. The molecule has 120 valence electrons. The van der Waals surface area contributed by atoms with Crippen LogP contribution in [-0.4, -0.2) is 24.0 Å². The van der Waals surface area contributed by atoms with Crippen LogP contribution in [0.15, 0.2) is 18.2 Å². The van der Waals surface area contributed by atoms with Gasteiger partial charge in [0.1, 0.15) is 5.75 Å². The van der Waals surface area contributed by atoms with Gasteiger partial charge in [0, 0.05) is 23.5 Å². The van der Waals surface area contributed by atoms with Gasteiger partial charge in [0.15, 0.2) is 5.78 Å². The second-order valence-corrected chi connectivity index (χ2v) is 5.72. The Morgan fingerprint density at radius 3 is 2.91 bits per heavy atom. The lowest BCUT2D eigenvalue weighted by atomic mass is 9.80. The van der Waals surface area contributed by atoms with Crippen LogP contribution in [0.2, 0.25) is 0 Å². The summed E-state index contributed by atoms with van der Waals surface area (Å²) in [7, 11) is 1.63. The summed E-state index contributed by atoms with van der Waals surface area (Å²) in [6.45, 7) is 0. The normalized spacial score (nSPS) is 17.0. The van der Waals surface area contributed by atoms with Crippen LogP contribution in [0.4, 0.5) is 0 Å². The smallest absolute Gasteiger partial charge is 0.243 e. The molecule has 2 rings (SSSR count). The number of carbonyl (C=O) groups is 2. The molecule has 5 nitrogen and oxygen atoms in total. The maximum Gasteiger partial charge on any atom is 0.243 e. The standard InChI is InChI=1S/C17H23NO4/c1-22-15-8-5-7-14-13(15)11-10-12(17(14)20)6-3-2-4-9-16(19)18-21/h5,7-8,12,21H,2-4,6,9-11H2,1H3,(H,18,19). The molecule has 1 aromatic carbocycles. The number of rotatable bonds is 7. The highest BCUT2D eigenvalue weighted by Crippen LogP contribution is 2.34. The third kappa shape index (κ3) is 3.85. The Morgan fingerprint density at radius 1 is 1.36 bits per heavy atom. The Bertz CT molecular complexity index is 541. The van der Waals surface area contributed by atoms with Crippen LogP contribution in [-0.2, 0) is 11.2 Å². The molecule has 0 fully saturated rings. The van der Waals surface area contributed by atoms with E-state index in [1.807, 2.05) is 18.2 Å². The van der Waals surface area contributed by atoms with E-state index in [4.69, 9.17) is 9.94 Å². The highest BCUT2D eigenvalue weighted by molar-refractivity contribution is 6.00. The molecule has 0 bridgehead atoms. The lowest BCUT2D eigenvalue weighted by Gasteiger charge is -2.24. The van der Waals surface area contributed by atoms with Gasteiger partial charge in [-0.1, -0.05) is 25.0 Å². The fourth-order valence-electron chi connectivity index (χ4n) is 3.10. The van der Waals surface area contributed by atoms with E-state index in [1.165, 1.54) is 0 Å². The first kappa shape index (κ1) is 16.5. The summed E-state index contributed by atoms with van der Waals surface area (Å²) in [5.41, 5.74) is 3.46. The Balaban J connectivity index is 1.85. The molecular weight excluding hydrogens is 282 g/mol. The van der Waals surface area contributed by atoms with E-state index in [2.05, 4.69) is 0 Å². The van der Waals surface area contributed by atoms with Gasteiger partial charge in [-0.05, 0) is 31.7 Å². The lowest BCUT2D eigenvalue weighted by molar-refractivity contribution is -0.129. The first-order valence-corrected chi connectivity index (χ1v) is 7.80. The number of unbranched alkanes of at least 4 members (excludes halogenated alkanes) is 2. The van der Waals surface area contributed by atoms with Crippen LogP contribution >= 0.6 is 0 Å². The maximum absolute atomic E-state index is 12.6. The van der Waals surface area contributed by atoms with Crippen molar-refractivity contribution in [2.24, 2.45) is 5.92 Å². The van der Waals surface area contributed by atoms with Crippen LogP contribution in [0.1, 0.15) is 54.4 Å². The lowest BCUT2D eigenvalue weighted by Crippen LogP contribution is -2.23. The number of hydrogen-bond donors (Lipinski definition) is 2. The molecule has 22 heavy (non-hydrogen) atoms. The van der Waals surface area contributed by atoms with Crippen molar-refractivity contribution in [3.63, 3.8) is 0 Å².